The molecule has 0 bridgehead atoms. The Hall–Kier alpha value is -0.990. The monoisotopic (exact) mass is 341 g/mol. The molecule has 6 nitrogen and oxygen atoms in total. The van der Waals surface area contributed by atoms with Crippen molar-refractivity contribution in [3.05, 3.63) is 23.8 Å². The Kier molecular flexibility index (Phi) is 5.67. The first-order chi connectivity index (χ1) is 9.17. The Morgan fingerprint density at radius 1 is 1.25 bits per heavy atom. The summed E-state index contributed by atoms with van der Waals surface area (Å²) >= 11 is 5.76. The average Bonchev–Trinajstić information content (AvgIpc) is 2.27. The van der Waals surface area contributed by atoms with Gasteiger partial charge < -0.3 is 4.74 Å². The van der Waals surface area contributed by atoms with Crippen LogP contribution in [0.15, 0.2) is 18.2 Å². The summed E-state index contributed by atoms with van der Waals surface area (Å²) < 4.78 is 53.0. The van der Waals surface area contributed by atoms with E-state index in [2.05, 4.69) is 4.72 Å². The predicted octanol–water partition coefficient (Wildman–Crippen LogP) is 1.57. The number of hydrogen-bond donors (Lipinski definition) is 1. The van der Waals surface area contributed by atoms with Crippen LogP contribution in [0.1, 0.15) is 12.5 Å². The molecule has 0 fully saturated rings. The van der Waals surface area contributed by atoms with Crippen LogP contribution >= 0.6 is 11.6 Å². The largest absolute Gasteiger partial charge is 0.494 e. The van der Waals surface area contributed by atoms with Gasteiger partial charge in [0.25, 0.3) is 0 Å². The van der Waals surface area contributed by atoms with Crippen molar-refractivity contribution in [3.63, 3.8) is 0 Å². The molecule has 0 amide bonds. The average molecular weight is 342 g/mol. The fourth-order valence-corrected chi connectivity index (χ4v) is 4.72. The minimum absolute atomic E-state index is 0.150. The lowest BCUT2D eigenvalue weighted by Gasteiger charge is -2.12. The molecule has 0 aliphatic heterocycles. The van der Waals surface area contributed by atoms with E-state index in [1.807, 2.05) is 6.92 Å². The van der Waals surface area contributed by atoms with E-state index in [0.717, 1.165) is 6.26 Å². The molecule has 0 saturated heterocycles. The molecule has 0 radical (unpaired) electrons. The molecule has 1 aromatic carbocycles. The summed E-state index contributed by atoms with van der Waals surface area (Å²) in [5.41, 5.74) is 0.862. The quantitative estimate of drug-likeness (QED) is 0.760. The molecule has 0 aliphatic carbocycles. The maximum Gasteiger partial charge on any atom is 0.247 e. The summed E-state index contributed by atoms with van der Waals surface area (Å²) in [6.45, 7) is 2.28. The van der Waals surface area contributed by atoms with Gasteiger partial charge in [0.05, 0.1) is 12.5 Å². The predicted molar refractivity (Wildman–Crippen MR) is 79.4 cm³/mol. The molecule has 114 valence electrons. The molecule has 20 heavy (non-hydrogen) atoms. The van der Waals surface area contributed by atoms with Gasteiger partial charge in [0, 0.05) is 17.5 Å². The van der Waals surface area contributed by atoms with Crippen LogP contribution in [0.2, 0.25) is 0 Å². The van der Waals surface area contributed by atoms with E-state index in [-0.39, 0.29) is 11.6 Å². The van der Waals surface area contributed by atoms with E-state index < -0.39 is 24.9 Å². The zero-order valence-electron chi connectivity index (χ0n) is 11.1. The van der Waals surface area contributed by atoms with Crippen LogP contribution in [0, 0.1) is 0 Å². The minimum atomic E-state index is -3.96. The van der Waals surface area contributed by atoms with Gasteiger partial charge in [-0.05, 0) is 25.1 Å². The van der Waals surface area contributed by atoms with Crippen molar-refractivity contribution in [2.75, 3.05) is 22.7 Å². The number of alkyl halides is 1. The van der Waals surface area contributed by atoms with Crippen LogP contribution in [0.5, 0.6) is 5.75 Å². The summed E-state index contributed by atoms with van der Waals surface area (Å²) in [6, 6.07) is 4.58. The van der Waals surface area contributed by atoms with Crippen molar-refractivity contribution >= 4 is 37.1 Å². The van der Waals surface area contributed by atoms with E-state index in [1.165, 1.54) is 12.1 Å². The molecule has 0 aliphatic rings. The summed E-state index contributed by atoms with van der Waals surface area (Å²) in [7, 11) is -7.60. The van der Waals surface area contributed by atoms with E-state index in [0.29, 0.717) is 17.9 Å². The zero-order chi connectivity index (χ0) is 15.4. The minimum Gasteiger partial charge on any atom is -0.494 e. The van der Waals surface area contributed by atoms with E-state index >= 15 is 0 Å². The highest BCUT2D eigenvalue weighted by atomic mass is 35.5. The van der Waals surface area contributed by atoms with E-state index in [9.17, 15) is 16.8 Å². The van der Waals surface area contributed by atoms with E-state index in [4.69, 9.17) is 16.3 Å². The van der Waals surface area contributed by atoms with Gasteiger partial charge >= 0.3 is 0 Å². The van der Waals surface area contributed by atoms with Gasteiger partial charge in [-0.3, -0.25) is 4.72 Å². The SMILES string of the molecule is CCOc1ccc(NS(=O)(=O)CS(C)(=O)=O)cc1CCl. The number of hydrogen-bond acceptors (Lipinski definition) is 5. The van der Waals surface area contributed by atoms with Gasteiger partial charge in [-0.15, -0.1) is 11.6 Å². The van der Waals surface area contributed by atoms with Crippen LogP contribution in [0.3, 0.4) is 0 Å². The molecule has 1 rings (SSSR count). The van der Waals surface area contributed by atoms with Gasteiger partial charge in [-0.25, -0.2) is 16.8 Å². The maximum atomic E-state index is 11.7. The third kappa shape index (κ3) is 5.56. The maximum absolute atomic E-state index is 11.7. The second-order valence-corrected chi connectivity index (χ2v) is 8.64. The van der Waals surface area contributed by atoms with Gasteiger partial charge in [0.15, 0.2) is 14.9 Å². The number of sulfonamides is 1. The topological polar surface area (TPSA) is 89.5 Å². The molecule has 1 N–H and O–H groups in total. The lowest BCUT2D eigenvalue weighted by Crippen LogP contribution is -2.22. The first kappa shape index (κ1) is 17.1. The van der Waals surface area contributed by atoms with Crippen LogP contribution in [-0.2, 0) is 25.7 Å². The second kappa shape index (κ2) is 6.64. The van der Waals surface area contributed by atoms with Gasteiger partial charge in [0.2, 0.25) is 10.0 Å². The number of rotatable bonds is 7. The Balaban J connectivity index is 2.99. The van der Waals surface area contributed by atoms with Crippen molar-refractivity contribution in [2.24, 2.45) is 0 Å². The molecule has 0 spiro atoms. The lowest BCUT2D eigenvalue weighted by atomic mass is 10.2. The molecular weight excluding hydrogens is 326 g/mol. The molecule has 0 saturated carbocycles. The lowest BCUT2D eigenvalue weighted by molar-refractivity contribution is 0.337. The summed E-state index contributed by atoms with van der Waals surface area (Å²) in [4.78, 5) is 0. The number of benzene rings is 1. The first-order valence-electron chi connectivity index (χ1n) is 5.67. The van der Waals surface area contributed by atoms with Gasteiger partial charge in [-0.1, -0.05) is 0 Å². The van der Waals surface area contributed by atoms with Crippen LogP contribution in [0.4, 0.5) is 5.69 Å². The number of sulfone groups is 1. The summed E-state index contributed by atoms with van der Waals surface area (Å²) in [5, 5.41) is -0.969. The molecule has 0 aromatic heterocycles. The Labute approximate surface area is 124 Å². The fourth-order valence-electron chi connectivity index (χ4n) is 1.53. The summed E-state index contributed by atoms with van der Waals surface area (Å²) in [5.74, 6) is 0.713. The molecule has 9 heteroatoms. The van der Waals surface area contributed by atoms with E-state index in [1.54, 1.807) is 6.07 Å². The van der Waals surface area contributed by atoms with Crippen molar-refractivity contribution in [1.29, 1.82) is 0 Å². The molecular formula is C11H16ClNO5S2. The van der Waals surface area contributed by atoms with Crippen molar-refractivity contribution < 1.29 is 21.6 Å². The van der Waals surface area contributed by atoms with Gasteiger partial charge in [-0.2, -0.15) is 0 Å². The zero-order valence-corrected chi connectivity index (χ0v) is 13.5. The Morgan fingerprint density at radius 3 is 2.40 bits per heavy atom. The third-order valence-electron chi connectivity index (χ3n) is 2.15. The molecule has 0 unspecified atom stereocenters. The smallest absolute Gasteiger partial charge is 0.247 e. The third-order valence-corrected chi connectivity index (χ3v) is 5.94. The fraction of sp³-hybridized carbons (Fsp3) is 0.455. The highest BCUT2D eigenvalue weighted by Crippen LogP contribution is 2.25. The van der Waals surface area contributed by atoms with Crippen LogP contribution in [-0.4, -0.2) is 34.8 Å². The Bertz CT molecular complexity index is 670. The second-order valence-electron chi connectivity index (χ2n) is 4.15. The highest BCUT2D eigenvalue weighted by molar-refractivity contribution is 8.08. The molecule has 1 aromatic rings. The molecule has 0 atom stereocenters. The highest BCUT2D eigenvalue weighted by Gasteiger charge is 2.18. The number of nitrogens with one attached hydrogen (secondary N) is 1. The number of halogens is 1. The van der Waals surface area contributed by atoms with Crippen molar-refractivity contribution in [1.82, 2.24) is 0 Å². The van der Waals surface area contributed by atoms with Crippen molar-refractivity contribution in [2.45, 2.75) is 12.8 Å². The van der Waals surface area contributed by atoms with Gasteiger partial charge in [0.1, 0.15) is 5.75 Å². The van der Waals surface area contributed by atoms with Crippen LogP contribution in [0.25, 0.3) is 0 Å². The number of ether oxygens (including phenoxy) is 1. The summed E-state index contributed by atoms with van der Waals surface area (Å²) in [6.07, 6.45) is 0.856. The van der Waals surface area contributed by atoms with Crippen molar-refractivity contribution in [3.8, 4) is 5.75 Å². The van der Waals surface area contributed by atoms with Crippen LogP contribution < -0.4 is 9.46 Å². The standard InChI is InChI=1S/C11H16ClNO5S2/c1-3-18-11-5-4-10(6-9(11)7-12)13-20(16,17)8-19(2,14)15/h4-6,13H,3,7-8H2,1-2H3. The normalized spacial score (nSPS) is 12.2. The number of anilines is 1. The molecule has 0 heterocycles. The Morgan fingerprint density at radius 2 is 1.90 bits per heavy atom. The first-order valence-corrected chi connectivity index (χ1v) is 9.91.